The van der Waals surface area contributed by atoms with Crippen LogP contribution in [0.15, 0.2) is 36.4 Å². The zero-order chi connectivity index (χ0) is 17.8. The van der Waals surface area contributed by atoms with E-state index >= 15 is 0 Å². The van der Waals surface area contributed by atoms with Gasteiger partial charge < -0.3 is 19.9 Å². The Hall–Kier alpha value is -2.31. The van der Waals surface area contributed by atoms with E-state index in [-0.39, 0.29) is 11.9 Å². The monoisotopic (exact) mass is 342 g/mol. The molecule has 6 heteroatoms. The van der Waals surface area contributed by atoms with E-state index in [0.29, 0.717) is 5.69 Å². The molecule has 0 aliphatic carbocycles. The second-order valence-electron chi connectivity index (χ2n) is 6.53. The number of para-hydroxylation sites is 1. The summed E-state index contributed by atoms with van der Waals surface area (Å²) in [6.45, 7) is 3.55. The molecular weight excluding hydrogens is 316 g/mol. The molecule has 2 heterocycles. The van der Waals surface area contributed by atoms with E-state index in [9.17, 15) is 4.79 Å². The maximum Gasteiger partial charge on any atom is 0.269 e. The normalized spacial score (nSPS) is 18.1. The number of hydrogen-bond acceptors (Lipinski definition) is 4. The molecule has 3 rings (SSSR count). The Morgan fingerprint density at radius 3 is 2.84 bits per heavy atom. The van der Waals surface area contributed by atoms with Crippen molar-refractivity contribution in [1.82, 2.24) is 20.1 Å². The topological polar surface area (TPSA) is 60.6 Å². The van der Waals surface area contributed by atoms with Crippen LogP contribution in [-0.4, -0.2) is 61.5 Å². The number of benzene rings is 1. The third-order valence-corrected chi connectivity index (χ3v) is 4.61. The number of methoxy groups -OCH3 is 1. The van der Waals surface area contributed by atoms with Crippen molar-refractivity contribution in [3.8, 4) is 5.75 Å². The Bertz CT molecular complexity index is 726. The highest BCUT2D eigenvalue weighted by atomic mass is 16.5. The summed E-state index contributed by atoms with van der Waals surface area (Å²) in [5.74, 6) is 0.906. The molecule has 1 unspecified atom stereocenters. The van der Waals surface area contributed by atoms with E-state index in [2.05, 4.69) is 21.3 Å². The van der Waals surface area contributed by atoms with Gasteiger partial charge in [0.25, 0.3) is 5.91 Å². The first-order valence-electron chi connectivity index (χ1n) is 8.57. The van der Waals surface area contributed by atoms with E-state index < -0.39 is 0 Å². The zero-order valence-electron chi connectivity index (χ0n) is 15.1. The number of nitrogens with one attached hydrogen (secondary N) is 2. The smallest absolute Gasteiger partial charge is 0.269 e. The molecule has 1 saturated heterocycles. The molecule has 0 radical (unpaired) electrons. The lowest BCUT2D eigenvalue weighted by Crippen LogP contribution is -2.45. The molecular formula is C19H26N4O2. The van der Waals surface area contributed by atoms with Gasteiger partial charge in [-0.05, 0) is 18.2 Å². The van der Waals surface area contributed by atoms with Crippen LogP contribution in [0.5, 0.6) is 5.75 Å². The minimum Gasteiger partial charge on any atom is -0.496 e. The zero-order valence-corrected chi connectivity index (χ0v) is 15.1. The summed E-state index contributed by atoms with van der Waals surface area (Å²) in [5, 5.41) is 3.47. The molecule has 0 saturated carbocycles. The van der Waals surface area contributed by atoms with Crippen LogP contribution in [0.25, 0.3) is 0 Å². The van der Waals surface area contributed by atoms with Crippen molar-refractivity contribution in [3.05, 3.63) is 53.3 Å². The second-order valence-corrected chi connectivity index (χ2v) is 6.53. The van der Waals surface area contributed by atoms with Crippen molar-refractivity contribution in [1.29, 1.82) is 0 Å². The fourth-order valence-electron chi connectivity index (χ4n) is 3.30. The lowest BCUT2D eigenvalue weighted by molar-refractivity contribution is 0.0822. The molecule has 1 fully saturated rings. The molecule has 2 N–H and O–H groups in total. The Labute approximate surface area is 148 Å². The first-order valence-corrected chi connectivity index (χ1v) is 8.57. The van der Waals surface area contributed by atoms with Gasteiger partial charge in [0, 0.05) is 51.5 Å². The van der Waals surface area contributed by atoms with Crippen molar-refractivity contribution in [2.45, 2.75) is 12.6 Å². The number of carbonyl (C=O) groups is 1. The maximum absolute atomic E-state index is 12.1. The molecule has 2 aromatic rings. The van der Waals surface area contributed by atoms with Gasteiger partial charge in [-0.15, -0.1) is 0 Å². The quantitative estimate of drug-likeness (QED) is 0.871. The number of aromatic nitrogens is 1. The van der Waals surface area contributed by atoms with Crippen LogP contribution in [0.1, 0.15) is 27.8 Å². The molecule has 1 atom stereocenters. The highest BCUT2D eigenvalue weighted by Crippen LogP contribution is 2.31. The minimum absolute atomic E-state index is 0.00663. The molecule has 1 aromatic heterocycles. The van der Waals surface area contributed by atoms with Crippen molar-refractivity contribution >= 4 is 5.91 Å². The number of aromatic amines is 1. The molecule has 25 heavy (non-hydrogen) atoms. The van der Waals surface area contributed by atoms with E-state index in [4.69, 9.17) is 4.74 Å². The average Bonchev–Trinajstić information content (AvgIpc) is 3.10. The van der Waals surface area contributed by atoms with Gasteiger partial charge in [-0.25, -0.2) is 0 Å². The van der Waals surface area contributed by atoms with Crippen LogP contribution in [0.2, 0.25) is 0 Å². The van der Waals surface area contributed by atoms with Gasteiger partial charge in [0.2, 0.25) is 0 Å². The summed E-state index contributed by atoms with van der Waals surface area (Å²) in [7, 11) is 5.23. The number of hydrogen-bond donors (Lipinski definition) is 2. The van der Waals surface area contributed by atoms with Crippen LogP contribution in [0.3, 0.4) is 0 Å². The van der Waals surface area contributed by atoms with Gasteiger partial charge in [-0.2, -0.15) is 0 Å². The van der Waals surface area contributed by atoms with E-state index in [0.717, 1.165) is 37.6 Å². The lowest BCUT2D eigenvalue weighted by atomic mass is 10.0. The Kier molecular flexibility index (Phi) is 5.40. The molecule has 1 aliphatic heterocycles. The van der Waals surface area contributed by atoms with Crippen molar-refractivity contribution in [3.63, 3.8) is 0 Å². The number of nitrogens with zero attached hydrogens (tertiary/aromatic N) is 2. The number of piperazine rings is 1. The standard InChI is InChI=1S/C19H26N4O2/c1-22(2)19(24)16-9-8-14(21-16)13-23-11-10-20-12-17(23)15-6-4-5-7-18(15)25-3/h4-9,17,20-21H,10-13H2,1-3H3. The molecule has 1 aromatic carbocycles. The summed E-state index contributed by atoms with van der Waals surface area (Å²) in [4.78, 5) is 19.3. The van der Waals surface area contributed by atoms with Gasteiger partial charge in [0.1, 0.15) is 11.4 Å². The van der Waals surface area contributed by atoms with Gasteiger partial charge in [-0.1, -0.05) is 18.2 Å². The van der Waals surface area contributed by atoms with Crippen LogP contribution in [-0.2, 0) is 6.54 Å². The molecule has 1 amide bonds. The second kappa shape index (κ2) is 7.72. The number of amides is 1. The number of H-pyrrole nitrogens is 1. The van der Waals surface area contributed by atoms with Gasteiger partial charge in [-0.3, -0.25) is 9.69 Å². The minimum atomic E-state index is -0.00663. The third kappa shape index (κ3) is 3.86. The highest BCUT2D eigenvalue weighted by molar-refractivity contribution is 5.92. The van der Waals surface area contributed by atoms with Gasteiger partial charge in [0.05, 0.1) is 13.2 Å². The number of carbonyl (C=O) groups excluding carboxylic acids is 1. The van der Waals surface area contributed by atoms with Crippen molar-refractivity contribution in [2.24, 2.45) is 0 Å². The Morgan fingerprint density at radius 2 is 2.08 bits per heavy atom. The SMILES string of the molecule is COc1ccccc1C1CNCCN1Cc1ccc(C(=O)N(C)C)[nH]1. The fourth-order valence-corrected chi connectivity index (χ4v) is 3.30. The predicted molar refractivity (Wildman–Crippen MR) is 97.8 cm³/mol. The van der Waals surface area contributed by atoms with E-state index in [1.54, 1.807) is 26.1 Å². The average molecular weight is 342 g/mol. The summed E-state index contributed by atoms with van der Waals surface area (Å²) >= 11 is 0. The van der Waals surface area contributed by atoms with Crippen LogP contribution < -0.4 is 10.1 Å². The predicted octanol–water partition coefficient (Wildman–Crippen LogP) is 1.87. The molecule has 6 nitrogen and oxygen atoms in total. The first kappa shape index (κ1) is 17.5. The summed E-state index contributed by atoms with van der Waals surface area (Å²) < 4.78 is 5.55. The highest BCUT2D eigenvalue weighted by Gasteiger charge is 2.26. The van der Waals surface area contributed by atoms with E-state index in [1.165, 1.54) is 5.56 Å². The number of rotatable bonds is 5. The van der Waals surface area contributed by atoms with Crippen molar-refractivity contribution < 1.29 is 9.53 Å². The first-order chi connectivity index (χ1) is 12.1. The Morgan fingerprint density at radius 1 is 1.28 bits per heavy atom. The largest absolute Gasteiger partial charge is 0.496 e. The van der Waals surface area contributed by atoms with Crippen molar-refractivity contribution in [2.75, 3.05) is 40.8 Å². The maximum atomic E-state index is 12.1. The van der Waals surface area contributed by atoms with Gasteiger partial charge >= 0.3 is 0 Å². The fraction of sp³-hybridized carbons (Fsp3) is 0.421. The summed E-state index contributed by atoms with van der Waals surface area (Å²) in [6, 6.07) is 12.3. The molecule has 0 bridgehead atoms. The van der Waals surface area contributed by atoms with E-state index in [1.807, 2.05) is 30.3 Å². The van der Waals surface area contributed by atoms with Crippen LogP contribution in [0, 0.1) is 0 Å². The van der Waals surface area contributed by atoms with Crippen LogP contribution in [0.4, 0.5) is 0 Å². The summed E-state index contributed by atoms with van der Waals surface area (Å²) in [5.41, 5.74) is 2.87. The third-order valence-electron chi connectivity index (χ3n) is 4.61. The molecule has 134 valence electrons. The molecule has 0 spiro atoms. The number of ether oxygens (including phenoxy) is 1. The Balaban J connectivity index is 1.79. The lowest BCUT2D eigenvalue weighted by Gasteiger charge is -2.36. The van der Waals surface area contributed by atoms with Crippen LogP contribution >= 0.6 is 0 Å². The molecule has 1 aliphatic rings. The summed E-state index contributed by atoms with van der Waals surface area (Å²) in [6.07, 6.45) is 0. The van der Waals surface area contributed by atoms with Gasteiger partial charge in [0.15, 0.2) is 0 Å².